The molecule has 0 atom stereocenters. The summed E-state index contributed by atoms with van der Waals surface area (Å²) in [6.07, 6.45) is 7.05. The molecule has 0 spiro atoms. The van der Waals surface area contributed by atoms with Crippen molar-refractivity contribution < 1.29 is 0 Å². The van der Waals surface area contributed by atoms with Gasteiger partial charge in [0.15, 0.2) is 0 Å². The molecule has 0 amide bonds. The smallest absolute Gasteiger partial charge is 0.224 e. The number of nitrogens with one attached hydrogen (secondary N) is 2. The number of aromatic nitrogens is 2. The first-order valence-electron chi connectivity index (χ1n) is 6.69. The predicted molar refractivity (Wildman–Crippen MR) is 79.0 cm³/mol. The molecule has 1 aliphatic carbocycles. The lowest BCUT2D eigenvalue weighted by Gasteiger charge is -2.16. The number of hydrogen-bond acceptors (Lipinski definition) is 4. The molecule has 0 aliphatic heterocycles. The van der Waals surface area contributed by atoms with Crippen molar-refractivity contribution in [3.05, 3.63) is 10.7 Å². The van der Waals surface area contributed by atoms with Crippen molar-refractivity contribution in [3.8, 4) is 0 Å². The van der Waals surface area contributed by atoms with Crippen LogP contribution in [0.4, 0.5) is 11.8 Å². The predicted octanol–water partition coefficient (Wildman–Crippen LogP) is 3.66. The van der Waals surface area contributed by atoms with Gasteiger partial charge in [-0.3, -0.25) is 0 Å². The monoisotopic (exact) mass is 312 g/mol. The van der Waals surface area contributed by atoms with Gasteiger partial charge < -0.3 is 10.6 Å². The normalized spacial score (nSPS) is 16.4. The summed E-state index contributed by atoms with van der Waals surface area (Å²) < 4.78 is 0.927. The van der Waals surface area contributed by atoms with E-state index in [-0.39, 0.29) is 0 Å². The lowest BCUT2D eigenvalue weighted by molar-refractivity contribution is 0.485. The Morgan fingerprint density at radius 2 is 2.11 bits per heavy atom. The Balaban J connectivity index is 1.97. The minimum atomic E-state index is 0.525. The fourth-order valence-electron chi connectivity index (χ4n) is 2.23. The van der Waals surface area contributed by atoms with Crippen molar-refractivity contribution in [2.24, 2.45) is 5.41 Å². The van der Waals surface area contributed by atoms with Crippen LogP contribution in [0.3, 0.4) is 0 Å². The summed E-state index contributed by atoms with van der Waals surface area (Å²) in [7, 11) is 0. The third-order valence-electron chi connectivity index (χ3n) is 3.45. The van der Waals surface area contributed by atoms with Crippen molar-refractivity contribution in [3.63, 3.8) is 0 Å². The van der Waals surface area contributed by atoms with Crippen LogP contribution < -0.4 is 10.6 Å². The average molecular weight is 313 g/mol. The molecule has 0 bridgehead atoms. The van der Waals surface area contributed by atoms with E-state index in [4.69, 9.17) is 0 Å². The van der Waals surface area contributed by atoms with Gasteiger partial charge in [-0.1, -0.05) is 13.3 Å². The molecule has 0 unspecified atom stereocenters. The molecule has 100 valence electrons. The lowest BCUT2D eigenvalue weighted by Crippen LogP contribution is -2.17. The molecule has 0 radical (unpaired) electrons. The standard InChI is InChI=1S/C13H21BrN4/c1-3-5-13(6-7-13)9-17-11-10(14)8-16-12(18-11)15-4-2/h8H,3-7,9H2,1-2H3,(H2,15,16,17,18). The Bertz CT molecular complexity index is 404. The second-order valence-electron chi connectivity index (χ2n) is 5.02. The zero-order chi connectivity index (χ0) is 13.0. The third kappa shape index (κ3) is 3.34. The average Bonchev–Trinajstić information content (AvgIpc) is 3.11. The van der Waals surface area contributed by atoms with Crippen molar-refractivity contribution in [1.29, 1.82) is 0 Å². The fraction of sp³-hybridized carbons (Fsp3) is 0.692. The molecule has 18 heavy (non-hydrogen) atoms. The van der Waals surface area contributed by atoms with Crippen LogP contribution in [-0.2, 0) is 0 Å². The molecular weight excluding hydrogens is 292 g/mol. The first kappa shape index (κ1) is 13.6. The Labute approximate surface area is 117 Å². The first-order chi connectivity index (χ1) is 8.69. The van der Waals surface area contributed by atoms with Crippen LogP contribution in [0.2, 0.25) is 0 Å². The van der Waals surface area contributed by atoms with Crippen LogP contribution in [-0.4, -0.2) is 23.1 Å². The van der Waals surface area contributed by atoms with Crippen molar-refractivity contribution in [2.75, 3.05) is 23.7 Å². The molecule has 0 saturated heterocycles. The van der Waals surface area contributed by atoms with Gasteiger partial charge in [0.05, 0.1) is 4.47 Å². The van der Waals surface area contributed by atoms with Gasteiger partial charge in [-0.2, -0.15) is 4.98 Å². The first-order valence-corrected chi connectivity index (χ1v) is 7.49. The second kappa shape index (κ2) is 5.87. The molecule has 2 rings (SSSR count). The van der Waals surface area contributed by atoms with Gasteiger partial charge in [0.2, 0.25) is 5.95 Å². The topological polar surface area (TPSA) is 49.8 Å². The molecule has 5 heteroatoms. The highest BCUT2D eigenvalue weighted by Crippen LogP contribution is 2.49. The molecule has 1 heterocycles. The van der Waals surface area contributed by atoms with Crippen LogP contribution in [0.1, 0.15) is 39.5 Å². The summed E-state index contributed by atoms with van der Waals surface area (Å²) in [5.41, 5.74) is 0.525. The molecule has 1 aromatic rings. The Morgan fingerprint density at radius 3 is 2.72 bits per heavy atom. The van der Waals surface area contributed by atoms with Crippen LogP contribution in [0, 0.1) is 5.41 Å². The fourth-order valence-corrected chi connectivity index (χ4v) is 2.56. The molecule has 1 aliphatic rings. The minimum Gasteiger partial charge on any atom is -0.368 e. The van der Waals surface area contributed by atoms with Crippen molar-refractivity contribution in [2.45, 2.75) is 39.5 Å². The quantitative estimate of drug-likeness (QED) is 0.806. The molecular formula is C13H21BrN4. The molecule has 1 fully saturated rings. The van der Waals surface area contributed by atoms with E-state index in [1.807, 2.05) is 6.92 Å². The molecule has 1 saturated carbocycles. The zero-order valence-electron chi connectivity index (χ0n) is 11.1. The molecule has 1 aromatic heterocycles. The third-order valence-corrected chi connectivity index (χ3v) is 4.03. The molecule has 4 nitrogen and oxygen atoms in total. The molecule has 2 N–H and O–H groups in total. The summed E-state index contributed by atoms with van der Waals surface area (Å²) in [6, 6.07) is 0. The van der Waals surface area contributed by atoms with E-state index in [0.717, 1.165) is 23.4 Å². The molecule has 0 aromatic carbocycles. The highest BCUT2D eigenvalue weighted by Gasteiger charge is 2.41. The Hall–Kier alpha value is -0.840. The summed E-state index contributed by atoms with van der Waals surface area (Å²) >= 11 is 3.49. The maximum atomic E-state index is 4.47. The zero-order valence-corrected chi connectivity index (χ0v) is 12.7. The van der Waals surface area contributed by atoms with Crippen LogP contribution in [0.15, 0.2) is 10.7 Å². The Kier molecular flexibility index (Phi) is 4.43. The maximum Gasteiger partial charge on any atom is 0.224 e. The lowest BCUT2D eigenvalue weighted by atomic mass is 10.0. The second-order valence-corrected chi connectivity index (χ2v) is 5.88. The van der Waals surface area contributed by atoms with Gasteiger partial charge in [0.1, 0.15) is 5.82 Å². The highest BCUT2D eigenvalue weighted by molar-refractivity contribution is 9.10. The van der Waals surface area contributed by atoms with Crippen molar-refractivity contribution in [1.82, 2.24) is 9.97 Å². The maximum absolute atomic E-state index is 4.47. The largest absolute Gasteiger partial charge is 0.368 e. The van der Waals surface area contributed by atoms with Gasteiger partial charge in [-0.05, 0) is 47.5 Å². The number of rotatable bonds is 7. The number of anilines is 2. The van der Waals surface area contributed by atoms with Gasteiger partial charge >= 0.3 is 0 Å². The number of hydrogen-bond donors (Lipinski definition) is 2. The number of nitrogens with zero attached hydrogens (tertiary/aromatic N) is 2. The van der Waals surface area contributed by atoms with E-state index < -0.39 is 0 Å². The summed E-state index contributed by atoms with van der Waals surface area (Å²) in [4.78, 5) is 8.69. The van der Waals surface area contributed by atoms with Gasteiger partial charge in [0.25, 0.3) is 0 Å². The van der Waals surface area contributed by atoms with Crippen molar-refractivity contribution >= 4 is 27.7 Å². The van der Waals surface area contributed by atoms with E-state index in [0.29, 0.717) is 11.4 Å². The van der Waals surface area contributed by atoms with Crippen LogP contribution in [0.25, 0.3) is 0 Å². The van der Waals surface area contributed by atoms with E-state index >= 15 is 0 Å². The van der Waals surface area contributed by atoms with E-state index in [1.54, 1.807) is 6.20 Å². The van der Waals surface area contributed by atoms with Crippen LogP contribution in [0.5, 0.6) is 0 Å². The van der Waals surface area contributed by atoms with Crippen LogP contribution >= 0.6 is 15.9 Å². The highest BCUT2D eigenvalue weighted by atomic mass is 79.9. The number of halogens is 1. The summed E-state index contributed by atoms with van der Waals surface area (Å²) in [5.74, 6) is 1.58. The van der Waals surface area contributed by atoms with E-state index in [2.05, 4.69) is 43.5 Å². The Morgan fingerprint density at radius 1 is 1.33 bits per heavy atom. The van der Waals surface area contributed by atoms with E-state index in [9.17, 15) is 0 Å². The van der Waals surface area contributed by atoms with Gasteiger partial charge in [0, 0.05) is 19.3 Å². The van der Waals surface area contributed by atoms with E-state index in [1.165, 1.54) is 25.7 Å². The summed E-state index contributed by atoms with van der Waals surface area (Å²) in [5, 5.41) is 6.59. The SMILES string of the molecule is CCCC1(CNc2nc(NCC)ncc2Br)CC1. The minimum absolute atomic E-state index is 0.525. The summed E-state index contributed by atoms with van der Waals surface area (Å²) in [6.45, 7) is 6.14. The van der Waals surface area contributed by atoms with Gasteiger partial charge in [-0.15, -0.1) is 0 Å². The van der Waals surface area contributed by atoms with Gasteiger partial charge in [-0.25, -0.2) is 4.98 Å².